The van der Waals surface area contributed by atoms with Gasteiger partial charge in [-0.25, -0.2) is 9.37 Å². The Hall–Kier alpha value is -3.75. The first-order valence-corrected chi connectivity index (χ1v) is 16.0. The van der Waals surface area contributed by atoms with Crippen molar-refractivity contribution < 1.29 is 27.1 Å². The first-order chi connectivity index (χ1) is 22.3. The molecule has 5 heterocycles. The maximum Gasteiger partial charge on any atom is 0.431 e. The molecule has 3 aromatic rings. The van der Waals surface area contributed by atoms with Crippen LogP contribution in [0.25, 0.3) is 16.6 Å². The van der Waals surface area contributed by atoms with E-state index in [1.807, 2.05) is 9.80 Å². The van der Waals surface area contributed by atoms with Crippen molar-refractivity contribution in [1.29, 1.82) is 0 Å². The number of ether oxygens (including phenoxy) is 1. The standard InChI is InChI=1S/C31H33Cl2F4N7O3/c1-4-22(45)41-8-9-43-16(13-41)7-10-47-28-26(43)18-11-21(31(35,36)37)44(27-23(34)19(32)12-20(33)24(27)38)30(46)25(18)39-29(28)42-14-17(15-42)40(5-2)6-3/h4,11-12,16-17H,1,5-10,13-15,38H2,2-3H3. The van der Waals surface area contributed by atoms with Crippen LogP contribution in [0, 0.1) is 5.82 Å². The summed E-state index contributed by atoms with van der Waals surface area (Å²) in [6.07, 6.45) is -3.49. The number of hydrogen-bond donors (Lipinski definition) is 1. The van der Waals surface area contributed by atoms with Gasteiger partial charge in [0.25, 0.3) is 5.56 Å². The van der Waals surface area contributed by atoms with Crippen molar-refractivity contribution in [1.82, 2.24) is 19.4 Å². The smallest absolute Gasteiger partial charge is 0.431 e. The Bertz CT molecular complexity index is 1800. The fourth-order valence-corrected chi connectivity index (χ4v) is 7.23. The number of hydrogen-bond acceptors (Lipinski definition) is 8. The van der Waals surface area contributed by atoms with E-state index < -0.39 is 39.6 Å². The number of alkyl halides is 3. The summed E-state index contributed by atoms with van der Waals surface area (Å²) in [6, 6.07) is 1.57. The predicted octanol–water partition coefficient (Wildman–Crippen LogP) is 4.95. The molecular formula is C31H33Cl2F4N7O3. The summed E-state index contributed by atoms with van der Waals surface area (Å²) in [5, 5.41) is -1.06. The zero-order valence-electron chi connectivity index (χ0n) is 25.7. The van der Waals surface area contributed by atoms with Gasteiger partial charge in [0.15, 0.2) is 17.4 Å². The van der Waals surface area contributed by atoms with Gasteiger partial charge in [0.2, 0.25) is 5.91 Å². The van der Waals surface area contributed by atoms with Crippen LogP contribution in [0.3, 0.4) is 0 Å². The molecule has 1 aromatic carbocycles. The molecule has 1 amide bonds. The summed E-state index contributed by atoms with van der Waals surface area (Å²) in [7, 11) is 0. The lowest BCUT2D eigenvalue weighted by molar-refractivity contribution is -0.142. The van der Waals surface area contributed by atoms with Crippen LogP contribution in [-0.4, -0.2) is 89.8 Å². The molecule has 0 bridgehead atoms. The number of pyridine rings is 2. The van der Waals surface area contributed by atoms with Gasteiger partial charge in [-0.3, -0.25) is 19.1 Å². The van der Waals surface area contributed by atoms with Gasteiger partial charge in [0.1, 0.15) is 16.9 Å². The first kappa shape index (κ1) is 33.2. The van der Waals surface area contributed by atoms with E-state index in [9.17, 15) is 22.8 Å². The zero-order valence-corrected chi connectivity index (χ0v) is 27.2. The third-order valence-electron chi connectivity index (χ3n) is 9.22. The minimum Gasteiger partial charge on any atom is -0.488 e. The third-order valence-corrected chi connectivity index (χ3v) is 9.80. The molecule has 2 N–H and O–H groups in total. The van der Waals surface area contributed by atoms with E-state index >= 15 is 4.39 Å². The van der Waals surface area contributed by atoms with Gasteiger partial charge >= 0.3 is 6.18 Å². The van der Waals surface area contributed by atoms with Crippen molar-refractivity contribution in [3.05, 3.63) is 56.7 Å². The molecule has 3 aliphatic heterocycles. The fourth-order valence-electron chi connectivity index (χ4n) is 6.77. The van der Waals surface area contributed by atoms with Crippen LogP contribution in [0.1, 0.15) is 26.0 Å². The monoisotopic (exact) mass is 697 g/mol. The highest BCUT2D eigenvalue weighted by Crippen LogP contribution is 2.48. The van der Waals surface area contributed by atoms with Crippen molar-refractivity contribution >= 4 is 57.2 Å². The molecule has 0 spiro atoms. The molecular weight excluding hydrogens is 665 g/mol. The van der Waals surface area contributed by atoms with Crippen LogP contribution in [-0.2, 0) is 11.0 Å². The third kappa shape index (κ3) is 5.53. The molecule has 10 nitrogen and oxygen atoms in total. The first-order valence-electron chi connectivity index (χ1n) is 15.2. The number of anilines is 3. The Labute approximate surface area is 277 Å². The van der Waals surface area contributed by atoms with Gasteiger partial charge in [-0.2, -0.15) is 13.2 Å². The van der Waals surface area contributed by atoms with Crippen LogP contribution < -0.4 is 25.8 Å². The molecule has 1 unspecified atom stereocenters. The molecule has 2 saturated heterocycles. The van der Waals surface area contributed by atoms with Crippen molar-refractivity contribution in [2.24, 2.45) is 0 Å². The maximum atomic E-state index is 15.5. The zero-order chi connectivity index (χ0) is 33.9. The number of aromatic nitrogens is 2. The summed E-state index contributed by atoms with van der Waals surface area (Å²) in [4.78, 5) is 39.2. The minimum absolute atomic E-state index is 0.124. The lowest BCUT2D eigenvalue weighted by Crippen LogP contribution is -2.59. The highest BCUT2D eigenvalue weighted by molar-refractivity contribution is 6.37. The van der Waals surface area contributed by atoms with Gasteiger partial charge < -0.3 is 25.2 Å². The topological polar surface area (TPSA) is 100 Å². The van der Waals surface area contributed by atoms with Crippen molar-refractivity contribution in [3.8, 4) is 11.4 Å². The Morgan fingerprint density at radius 2 is 1.85 bits per heavy atom. The summed E-state index contributed by atoms with van der Waals surface area (Å²) in [6.45, 7) is 11.4. The molecule has 252 valence electrons. The van der Waals surface area contributed by atoms with E-state index in [1.165, 1.54) is 6.08 Å². The number of carbonyl (C=O) groups excluding carboxylic acids is 1. The predicted molar refractivity (Wildman–Crippen MR) is 174 cm³/mol. The second kappa shape index (κ2) is 12.4. The molecule has 0 radical (unpaired) electrons. The molecule has 1 atom stereocenters. The number of nitrogens with zero attached hydrogens (tertiary/aromatic N) is 6. The van der Waals surface area contributed by atoms with Gasteiger partial charge in [-0.1, -0.05) is 43.6 Å². The normalized spacial score (nSPS) is 18.5. The summed E-state index contributed by atoms with van der Waals surface area (Å²) in [5.74, 6) is -1.06. The number of benzene rings is 1. The number of halogens is 6. The SMILES string of the molecule is C=CC(=O)N1CCN2c3c(c(N4CC(N(CC)CC)C4)nc4c(=O)n(-c5c(N)c(Cl)cc(Cl)c5F)c(C(F)(F)F)cc34)OCCC2C1. The van der Waals surface area contributed by atoms with Gasteiger partial charge in [0.05, 0.1) is 34.1 Å². The minimum atomic E-state index is -5.15. The average molecular weight is 699 g/mol. The summed E-state index contributed by atoms with van der Waals surface area (Å²) in [5.41, 5.74) is 1.64. The number of amides is 1. The molecule has 0 saturated carbocycles. The molecule has 2 aromatic heterocycles. The Morgan fingerprint density at radius 3 is 2.49 bits per heavy atom. The van der Waals surface area contributed by atoms with Gasteiger partial charge in [-0.05, 0) is 31.3 Å². The van der Waals surface area contributed by atoms with Crippen LogP contribution in [0.2, 0.25) is 10.0 Å². The lowest BCUT2D eigenvalue weighted by atomic mass is 10.0. The van der Waals surface area contributed by atoms with Crippen LogP contribution in [0.4, 0.5) is 34.8 Å². The van der Waals surface area contributed by atoms with E-state index in [1.54, 1.807) is 4.90 Å². The molecule has 47 heavy (non-hydrogen) atoms. The van der Waals surface area contributed by atoms with Crippen LogP contribution in [0.15, 0.2) is 29.6 Å². The molecule has 2 fully saturated rings. The second-order valence-electron chi connectivity index (χ2n) is 11.7. The van der Waals surface area contributed by atoms with Crippen molar-refractivity contribution in [2.75, 3.05) is 68.0 Å². The second-order valence-corrected chi connectivity index (χ2v) is 12.5. The highest BCUT2D eigenvalue weighted by atomic mass is 35.5. The number of nitrogens with two attached hydrogens (primary N) is 1. The molecule has 3 aliphatic rings. The average Bonchev–Trinajstić information content (AvgIpc) is 3.21. The van der Waals surface area contributed by atoms with Crippen LogP contribution in [0.5, 0.6) is 5.75 Å². The number of fused-ring (bicyclic) bond motifs is 5. The quantitative estimate of drug-likeness (QED) is 0.167. The number of likely N-dealkylation sites (N-methyl/N-ethyl adjacent to an activating group) is 1. The number of carbonyl (C=O) groups is 1. The number of rotatable bonds is 6. The Balaban J connectivity index is 1.64. The van der Waals surface area contributed by atoms with E-state index in [4.69, 9.17) is 33.7 Å². The van der Waals surface area contributed by atoms with E-state index in [0.29, 0.717) is 25.3 Å². The largest absolute Gasteiger partial charge is 0.488 e. The van der Waals surface area contributed by atoms with Crippen molar-refractivity contribution in [2.45, 2.75) is 38.5 Å². The van der Waals surface area contributed by atoms with Gasteiger partial charge in [-0.15, -0.1) is 0 Å². The summed E-state index contributed by atoms with van der Waals surface area (Å²) >= 11 is 12.1. The highest BCUT2D eigenvalue weighted by Gasteiger charge is 2.42. The molecule has 0 aliphatic carbocycles. The van der Waals surface area contributed by atoms with Crippen LogP contribution >= 0.6 is 23.2 Å². The molecule has 6 rings (SSSR count). The van der Waals surface area contributed by atoms with E-state index in [0.717, 1.165) is 25.2 Å². The number of piperazine rings is 1. The van der Waals surface area contributed by atoms with E-state index in [-0.39, 0.29) is 76.2 Å². The lowest BCUT2D eigenvalue weighted by Gasteiger charge is -2.46. The fraction of sp³-hybridized carbons (Fsp3) is 0.452. The summed E-state index contributed by atoms with van der Waals surface area (Å²) < 4.78 is 66.5. The van der Waals surface area contributed by atoms with Gasteiger partial charge in [0, 0.05) is 50.6 Å². The Kier molecular flexibility index (Phi) is 8.72. The van der Waals surface area contributed by atoms with Crippen molar-refractivity contribution in [3.63, 3.8) is 0 Å². The van der Waals surface area contributed by atoms with E-state index in [2.05, 4.69) is 30.3 Å². The maximum absolute atomic E-state index is 15.5. The molecule has 16 heteroatoms. The Morgan fingerprint density at radius 1 is 1.15 bits per heavy atom. The number of nitrogen functional groups attached to an aromatic ring is 1.